The Morgan fingerprint density at radius 1 is 1.17 bits per heavy atom. The van der Waals surface area contributed by atoms with Crippen molar-refractivity contribution in [1.29, 1.82) is 0 Å². The van der Waals surface area contributed by atoms with Crippen LogP contribution in [0, 0.1) is 0 Å². The molecule has 5 atom stereocenters. The Balaban J connectivity index is 1.91. The normalized spacial score (nSPS) is 37.2. The number of aliphatic hydroxyl groups is 1. The summed E-state index contributed by atoms with van der Waals surface area (Å²) in [5.41, 5.74) is 2.02. The Morgan fingerprint density at radius 2 is 1.91 bits per heavy atom. The van der Waals surface area contributed by atoms with Gasteiger partial charge in [-0.1, -0.05) is 12.2 Å². The molecule has 23 heavy (non-hydrogen) atoms. The monoisotopic (exact) mass is 317 g/mol. The highest BCUT2D eigenvalue weighted by Crippen LogP contribution is 2.55. The fourth-order valence-electron chi connectivity index (χ4n) is 4.61. The van der Waals surface area contributed by atoms with Crippen molar-refractivity contribution >= 4 is 0 Å². The van der Waals surface area contributed by atoms with E-state index < -0.39 is 6.23 Å². The van der Waals surface area contributed by atoms with Crippen molar-refractivity contribution in [3.63, 3.8) is 0 Å². The zero-order chi connectivity index (χ0) is 16.2. The summed E-state index contributed by atoms with van der Waals surface area (Å²) in [5.74, 6) is 1.38. The Bertz CT molecular complexity index is 659. The van der Waals surface area contributed by atoms with Crippen molar-refractivity contribution in [3.05, 3.63) is 35.4 Å². The number of fused-ring (bicyclic) bond motifs is 1. The summed E-state index contributed by atoms with van der Waals surface area (Å²) < 4.78 is 16.4. The average molecular weight is 317 g/mol. The lowest BCUT2D eigenvalue weighted by atomic mass is 9.66. The molecule has 5 heteroatoms. The molecule has 5 nitrogen and oxygen atoms in total. The summed E-state index contributed by atoms with van der Waals surface area (Å²) >= 11 is 0. The molecular formula is C18H23NO4. The van der Waals surface area contributed by atoms with Crippen molar-refractivity contribution in [1.82, 2.24) is 4.90 Å². The average Bonchev–Trinajstić information content (AvgIpc) is 2.94. The molecule has 4 rings (SSSR count). The molecule has 0 saturated carbocycles. The third-order valence-electron chi connectivity index (χ3n) is 5.79. The van der Waals surface area contributed by atoms with Crippen LogP contribution in [0.2, 0.25) is 0 Å². The van der Waals surface area contributed by atoms with Crippen molar-refractivity contribution in [2.45, 2.75) is 36.6 Å². The number of rotatable bonds is 3. The van der Waals surface area contributed by atoms with Gasteiger partial charge in [0.15, 0.2) is 11.5 Å². The van der Waals surface area contributed by atoms with E-state index in [1.807, 2.05) is 12.1 Å². The fourth-order valence-corrected chi connectivity index (χ4v) is 4.61. The summed E-state index contributed by atoms with van der Waals surface area (Å²) in [6, 6.07) is 4.23. The summed E-state index contributed by atoms with van der Waals surface area (Å²) in [6.07, 6.45) is 5.86. The first-order valence-corrected chi connectivity index (χ1v) is 8.07. The first-order valence-electron chi connectivity index (χ1n) is 8.07. The van der Waals surface area contributed by atoms with Gasteiger partial charge in [0, 0.05) is 30.7 Å². The van der Waals surface area contributed by atoms with E-state index in [0.717, 1.165) is 30.5 Å². The molecule has 1 N–H and O–H groups in total. The molecule has 2 aliphatic heterocycles. The maximum atomic E-state index is 10.9. The molecule has 0 aromatic heterocycles. The van der Waals surface area contributed by atoms with Crippen LogP contribution in [0.15, 0.2) is 24.3 Å². The van der Waals surface area contributed by atoms with Gasteiger partial charge in [-0.2, -0.15) is 0 Å². The van der Waals surface area contributed by atoms with Crippen molar-refractivity contribution < 1.29 is 19.3 Å². The van der Waals surface area contributed by atoms with Gasteiger partial charge >= 0.3 is 0 Å². The summed E-state index contributed by atoms with van der Waals surface area (Å²) in [7, 11) is 5.02. The quantitative estimate of drug-likeness (QED) is 0.864. The van der Waals surface area contributed by atoms with E-state index in [1.165, 1.54) is 0 Å². The molecule has 3 aliphatic rings. The van der Waals surface area contributed by atoms with E-state index in [0.29, 0.717) is 11.5 Å². The predicted octanol–water partition coefficient (Wildman–Crippen LogP) is 2.00. The minimum atomic E-state index is -0.602. The number of ether oxygens (including phenoxy) is 3. The number of benzene rings is 1. The van der Waals surface area contributed by atoms with E-state index in [1.54, 1.807) is 21.3 Å². The zero-order valence-electron chi connectivity index (χ0n) is 13.8. The SMILES string of the molecule is COc1cc2c(cc1OC)[C@@]13C=C[C@@H](OC)CC1N(CC3)[C@H]2O. The molecule has 2 heterocycles. The van der Waals surface area contributed by atoms with Crippen LogP contribution in [0.1, 0.15) is 30.2 Å². The lowest BCUT2D eigenvalue weighted by Gasteiger charge is -2.47. The summed E-state index contributed by atoms with van der Waals surface area (Å²) in [4.78, 5) is 2.20. The molecule has 1 aliphatic carbocycles. The van der Waals surface area contributed by atoms with Crippen molar-refractivity contribution in [2.24, 2.45) is 0 Å². The highest BCUT2D eigenvalue weighted by atomic mass is 16.5. The van der Waals surface area contributed by atoms with Gasteiger partial charge in [0.05, 0.1) is 20.3 Å². The van der Waals surface area contributed by atoms with Gasteiger partial charge in [0.2, 0.25) is 0 Å². The number of hydrogen-bond acceptors (Lipinski definition) is 5. The van der Waals surface area contributed by atoms with Crippen LogP contribution < -0.4 is 9.47 Å². The lowest BCUT2D eigenvalue weighted by molar-refractivity contribution is -0.0400. The largest absolute Gasteiger partial charge is 0.493 e. The van der Waals surface area contributed by atoms with Gasteiger partial charge in [0.25, 0.3) is 0 Å². The molecule has 0 radical (unpaired) electrons. The predicted molar refractivity (Wildman–Crippen MR) is 85.8 cm³/mol. The molecular weight excluding hydrogens is 294 g/mol. The standard InChI is InChI=1S/C18H23NO4/c1-21-11-4-5-18-6-7-19(16(18)8-11)17(20)12-9-14(22-2)15(23-3)10-13(12)18/h4-5,9-11,16-17,20H,6-8H2,1-3H3/t11-,16?,17+,18+/m1/s1. The van der Waals surface area contributed by atoms with Crippen LogP contribution >= 0.6 is 0 Å². The van der Waals surface area contributed by atoms with E-state index in [2.05, 4.69) is 17.1 Å². The third-order valence-corrected chi connectivity index (χ3v) is 5.79. The highest BCUT2D eigenvalue weighted by Gasteiger charge is 2.56. The molecule has 0 amide bonds. The lowest BCUT2D eigenvalue weighted by Crippen LogP contribution is -2.51. The number of aliphatic hydroxyl groups excluding tert-OH is 1. The molecule has 1 aromatic rings. The van der Waals surface area contributed by atoms with Gasteiger partial charge in [-0.3, -0.25) is 4.90 Å². The van der Waals surface area contributed by atoms with Crippen LogP contribution in [-0.2, 0) is 10.2 Å². The van der Waals surface area contributed by atoms with Crippen LogP contribution in [0.4, 0.5) is 0 Å². The second-order valence-electron chi connectivity index (χ2n) is 6.58. The molecule has 124 valence electrons. The number of hydrogen-bond donors (Lipinski definition) is 1. The Morgan fingerprint density at radius 3 is 2.61 bits per heavy atom. The first-order chi connectivity index (χ1) is 11.1. The van der Waals surface area contributed by atoms with Gasteiger partial charge in [0.1, 0.15) is 6.23 Å². The van der Waals surface area contributed by atoms with Crippen LogP contribution in [0.25, 0.3) is 0 Å². The van der Waals surface area contributed by atoms with Crippen molar-refractivity contribution in [3.8, 4) is 11.5 Å². The molecule has 1 saturated heterocycles. The Hall–Kier alpha value is -1.56. The van der Waals surface area contributed by atoms with Crippen LogP contribution in [0.3, 0.4) is 0 Å². The zero-order valence-corrected chi connectivity index (χ0v) is 13.8. The van der Waals surface area contributed by atoms with Gasteiger partial charge < -0.3 is 19.3 Å². The molecule has 2 unspecified atom stereocenters. The summed E-state index contributed by atoms with van der Waals surface area (Å²) in [5, 5.41) is 10.9. The smallest absolute Gasteiger partial charge is 0.161 e. The minimum absolute atomic E-state index is 0.0663. The second-order valence-corrected chi connectivity index (χ2v) is 6.58. The maximum Gasteiger partial charge on any atom is 0.161 e. The van der Waals surface area contributed by atoms with Crippen LogP contribution in [-0.4, -0.2) is 50.0 Å². The van der Waals surface area contributed by atoms with Crippen LogP contribution in [0.5, 0.6) is 11.5 Å². The highest BCUT2D eigenvalue weighted by molar-refractivity contribution is 5.55. The maximum absolute atomic E-state index is 10.9. The third kappa shape index (κ3) is 1.90. The topological polar surface area (TPSA) is 51.2 Å². The minimum Gasteiger partial charge on any atom is -0.493 e. The first kappa shape index (κ1) is 15.0. The Labute approximate surface area is 136 Å². The fraction of sp³-hybridized carbons (Fsp3) is 0.556. The van der Waals surface area contributed by atoms with E-state index in [4.69, 9.17) is 14.2 Å². The molecule has 1 aromatic carbocycles. The summed E-state index contributed by atoms with van der Waals surface area (Å²) in [6.45, 7) is 0.881. The molecule has 1 fully saturated rings. The molecule has 0 spiro atoms. The van der Waals surface area contributed by atoms with E-state index in [9.17, 15) is 5.11 Å². The van der Waals surface area contributed by atoms with Gasteiger partial charge in [-0.15, -0.1) is 0 Å². The van der Waals surface area contributed by atoms with E-state index >= 15 is 0 Å². The van der Waals surface area contributed by atoms with Crippen molar-refractivity contribution in [2.75, 3.05) is 27.9 Å². The Kier molecular flexibility index (Phi) is 3.41. The number of methoxy groups -OCH3 is 3. The molecule has 2 bridgehead atoms. The van der Waals surface area contributed by atoms with E-state index in [-0.39, 0.29) is 17.6 Å². The number of nitrogens with zero attached hydrogens (tertiary/aromatic N) is 1. The van der Waals surface area contributed by atoms with Gasteiger partial charge in [-0.25, -0.2) is 0 Å². The second kappa shape index (κ2) is 5.23. The van der Waals surface area contributed by atoms with Gasteiger partial charge in [-0.05, 0) is 30.5 Å².